The summed E-state index contributed by atoms with van der Waals surface area (Å²) in [6, 6.07) is 5.59. The van der Waals surface area contributed by atoms with Gasteiger partial charge < -0.3 is 5.32 Å². The van der Waals surface area contributed by atoms with Crippen LogP contribution >= 0.6 is 0 Å². The van der Waals surface area contributed by atoms with Crippen LogP contribution in [0.15, 0.2) is 36.4 Å². The number of anilines is 1. The monoisotopic (exact) mass is 281 g/mol. The Morgan fingerprint density at radius 3 is 2.30 bits per heavy atom. The second kappa shape index (κ2) is 4.83. The summed E-state index contributed by atoms with van der Waals surface area (Å²) < 4.78 is 37.5. The normalized spacial score (nSPS) is 29.7. The molecule has 2 aliphatic rings. The van der Waals surface area contributed by atoms with Crippen LogP contribution in [0.1, 0.15) is 25.3 Å². The number of halogens is 3. The second-order valence-electron chi connectivity index (χ2n) is 5.95. The molecule has 0 radical (unpaired) electrons. The van der Waals surface area contributed by atoms with Crippen molar-refractivity contribution in [2.45, 2.75) is 32.0 Å². The molecule has 1 aromatic rings. The Morgan fingerprint density at radius 2 is 1.80 bits per heavy atom. The van der Waals surface area contributed by atoms with Crippen molar-refractivity contribution in [2.24, 2.45) is 17.8 Å². The lowest BCUT2D eigenvalue weighted by Gasteiger charge is -2.27. The zero-order chi connectivity index (χ0) is 14.3. The minimum atomic E-state index is -4.26. The molecule has 4 atom stereocenters. The van der Waals surface area contributed by atoms with Crippen LogP contribution < -0.4 is 5.32 Å². The minimum Gasteiger partial charge on any atom is -0.382 e. The number of rotatable bonds is 3. The Labute approximate surface area is 116 Å². The minimum absolute atomic E-state index is 0.284. The van der Waals surface area contributed by atoms with Gasteiger partial charge in [-0.1, -0.05) is 12.2 Å². The number of allylic oxidation sites excluding steroid dienone is 2. The molecule has 0 amide bonds. The molecule has 1 fully saturated rings. The van der Waals surface area contributed by atoms with Crippen LogP contribution in [0.3, 0.4) is 0 Å². The van der Waals surface area contributed by atoms with Crippen molar-refractivity contribution in [3.05, 3.63) is 42.0 Å². The molecule has 108 valence electrons. The van der Waals surface area contributed by atoms with E-state index in [9.17, 15) is 13.2 Å². The first kappa shape index (κ1) is 13.5. The molecule has 1 aromatic carbocycles. The SMILES string of the molecule is CC(Nc1ccc(C(F)(F)F)cc1)C1CC2C=CC1C2. The van der Waals surface area contributed by atoms with Gasteiger partial charge in [-0.05, 0) is 61.8 Å². The number of fused-ring (bicyclic) bond motifs is 2. The van der Waals surface area contributed by atoms with Gasteiger partial charge in [0.05, 0.1) is 5.56 Å². The van der Waals surface area contributed by atoms with Crippen molar-refractivity contribution in [1.29, 1.82) is 0 Å². The van der Waals surface area contributed by atoms with Crippen LogP contribution in [0, 0.1) is 17.8 Å². The molecule has 20 heavy (non-hydrogen) atoms. The fraction of sp³-hybridized carbons (Fsp3) is 0.500. The average Bonchev–Trinajstić information content (AvgIpc) is 3.00. The van der Waals surface area contributed by atoms with Gasteiger partial charge in [-0.15, -0.1) is 0 Å². The van der Waals surface area contributed by atoms with E-state index in [4.69, 9.17) is 0 Å². The topological polar surface area (TPSA) is 12.0 Å². The third kappa shape index (κ3) is 2.56. The molecular weight excluding hydrogens is 263 g/mol. The highest BCUT2D eigenvalue weighted by Crippen LogP contribution is 2.45. The van der Waals surface area contributed by atoms with Gasteiger partial charge in [0.25, 0.3) is 0 Å². The van der Waals surface area contributed by atoms with E-state index in [0.717, 1.165) is 17.8 Å². The van der Waals surface area contributed by atoms with E-state index >= 15 is 0 Å². The number of nitrogens with one attached hydrogen (secondary N) is 1. The smallest absolute Gasteiger partial charge is 0.382 e. The quantitative estimate of drug-likeness (QED) is 0.791. The van der Waals surface area contributed by atoms with Crippen LogP contribution in [-0.4, -0.2) is 6.04 Å². The molecule has 3 rings (SSSR count). The van der Waals surface area contributed by atoms with Crippen molar-refractivity contribution < 1.29 is 13.2 Å². The summed E-state index contributed by atoms with van der Waals surface area (Å²) in [5.74, 6) is 1.94. The van der Waals surface area contributed by atoms with Crippen LogP contribution in [0.25, 0.3) is 0 Å². The molecule has 0 aliphatic heterocycles. The molecule has 4 heteroatoms. The fourth-order valence-electron chi connectivity index (χ4n) is 3.52. The maximum absolute atomic E-state index is 12.5. The van der Waals surface area contributed by atoms with E-state index in [1.807, 2.05) is 0 Å². The lowest BCUT2D eigenvalue weighted by Crippen LogP contribution is -2.28. The van der Waals surface area contributed by atoms with Crippen LogP contribution in [0.5, 0.6) is 0 Å². The van der Waals surface area contributed by atoms with E-state index in [0.29, 0.717) is 17.8 Å². The third-order valence-corrected chi connectivity index (χ3v) is 4.58. The zero-order valence-electron chi connectivity index (χ0n) is 11.3. The Balaban J connectivity index is 1.64. The zero-order valence-corrected chi connectivity index (χ0v) is 11.3. The van der Waals surface area contributed by atoms with Gasteiger partial charge in [0, 0.05) is 11.7 Å². The maximum atomic E-state index is 12.5. The summed E-state index contributed by atoms with van der Waals surface area (Å²) in [6.45, 7) is 2.12. The summed E-state index contributed by atoms with van der Waals surface area (Å²) >= 11 is 0. The Morgan fingerprint density at radius 1 is 1.10 bits per heavy atom. The molecule has 2 bridgehead atoms. The first-order valence-corrected chi connectivity index (χ1v) is 7.05. The molecule has 1 nitrogen and oxygen atoms in total. The number of hydrogen-bond donors (Lipinski definition) is 1. The molecule has 0 aromatic heterocycles. The largest absolute Gasteiger partial charge is 0.416 e. The Kier molecular flexibility index (Phi) is 3.27. The van der Waals surface area contributed by atoms with Crippen LogP contribution in [0.4, 0.5) is 18.9 Å². The number of hydrogen-bond acceptors (Lipinski definition) is 1. The average molecular weight is 281 g/mol. The first-order chi connectivity index (χ1) is 9.43. The van der Waals surface area contributed by atoms with Crippen LogP contribution in [-0.2, 0) is 6.18 Å². The van der Waals surface area contributed by atoms with Gasteiger partial charge in [0.15, 0.2) is 0 Å². The van der Waals surface area contributed by atoms with E-state index < -0.39 is 11.7 Å². The van der Waals surface area contributed by atoms with Crippen LogP contribution in [0.2, 0.25) is 0 Å². The summed E-state index contributed by atoms with van der Waals surface area (Å²) in [5, 5.41) is 3.35. The van der Waals surface area contributed by atoms with E-state index in [-0.39, 0.29) is 6.04 Å². The highest BCUT2D eigenvalue weighted by Gasteiger charge is 2.38. The van der Waals surface area contributed by atoms with Crippen molar-refractivity contribution in [3.63, 3.8) is 0 Å². The maximum Gasteiger partial charge on any atom is 0.416 e. The van der Waals surface area contributed by atoms with Crippen molar-refractivity contribution in [1.82, 2.24) is 0 Å². The Bertz CT molecular complexity index is 503. The van der Waals surface area contributed by atoms with Gasteiger partial charge >= 0.3 is 6.18 Å². The van der Waals surface area contributed by atoms with Gasteiger partial charge in [-0.2, -0.15) is 13.2 Å². The molecular formula is C16H18F3N. The molecule has 4 unspecified atom stereocenters. The van der Waals surface area contributed by atoms with Crippen molar-refractivity contribution in [3.8, 4) is 0 Å². The predicted octanol–water partition coefficient (Wildman–Crippen LogP) is 4.72. The van der Waals surface area contributed by atoms with Gasteiger partial charge in [-0.25, -0.2) is 0 Å². The van der Waals surface area contributed by atoms with Gasteiger partial charge in [0.2, 0.25) is 0 Å². The lowest BCUT2D eigenvalue weighted by molar-refractivity contribution is -0.137. The third-order valence-electron chi connectivity index (χ3n) is 4.58. The molecule has 1 N–H and O–H groups in total. The summed E-state index contributed by atoms with van der Waals surface area (Å²) in [5.41, 5.74) is 0.163. The predicted molar refractivity (Wildman–Crippen MR) is 73.4 cm³/mol. The van der Waals surface area contributed by atoms with E-state index in [1.165, 1.54) is 25.0 Å². The van der Waals surface area contributed by atoms with E-state index in [1.54, 1.807) is 0 Å². The molecule has 0 saturated heterocycles. The number of benzene rings is 1. The first-order valence-electron chi connectivity index (χ1n) is 7.05. The Hall–Kier alpha value is -1.45. The molecule has 2 aliphatic carbocycles. The summed E-state index contributed by atoms with van der Waals surface area (Å²) in [6.07, 6.45) is 2.76. The highest BCUT2D eigenvalue weighted by molar-refractivity contribution is 5.46. The van der Waals surface area contributed by atoms with Crippen molar-refractivity contribution >= 4 is 5.69 Å². The lowest BCUT2D eigenvalue weighted by atomic mass is 9.87. The molecule has 0 spiro atoms. The summed E-state index contributed by atoms with van der Waals surface area (Å²) in [7, 11) is 0. The van der Waals surface area contributed by atoms with Crippen molar-refractivity contribution in [2.75, 3.05) is 5.32 Å². The van der Waals surface area contributed by atoms with Gasteiger partial charge in [0.1, 0.15) is 0 Å². The molecule has 0 heterocycles. The highest BCUT2D eigenvalue weighted by atomic mass is 19.4. The molecule has 1 saturated carbocycles. The van der Waals surface area contributed by atoms with E-state index in [2.05, 4.69) is 24.4 Å². The number of alkyl halides is 3. The summed E-state index contributed by atoms with van der Waals surface area (Å²) in [4.78, 5) is 0. The fourth-order valence-corrected chi connectivity index (χ4v) is 3.52. The standard InChI is InChI=1S/C16H18F3N/c1-10(15-9-11-2-3-12(15)8-11)20-14-6-4-13(5-7-14)16(17,18)19/h2-7,10-12,15,20H,8-9H2,1H3. The second-order valence-corrected chi connectivity index (χ2v) is 5.95. The van der Waals surface area contributed by atoms with Gasteiger partial charge in [-0.3, -0.25) is 0 Å².